The number of carboxylic acid groups (broad SMARTS) is 1. The zero-order chi connectivity index (χ0) is 29.4. The van der Waals surface area contributed by atoms with Crippen LogP contribution in [-0.4, -0.2) is 55.5 Å². The van der Waals surface area contributed by atoms with E-state index in [0.29, 0.717) is 40.1 Å². The standard InChI is InChI=1S/C29H30N6O6/c1-15-21(14-33(5)31-15)30-24-18-9-7-16(11-23(18)35(32-24)27(39)41-28(2,3)4)20-13-29(20)19-12-17(40-6)8-10-22(19)34(25(29)36)26(37)38/h7-12,14,20H,13H2,1-6H3,(H,30,32)(H,37,38)/t20-,29-/m0/s1. The molecule has 2 amide bonds. The number of aromatic nitrogens is 4. The van der Waals surface area contributed by atoms with E-state index in [1.807, 2.05) is 38.4 Å². The van der Waals surface area contributed by atoms with Crippen molar-refractivity contribution in [1.29, 1.82) is 0 Å². The maximum absolute atomic E-state index is 13.6. The second-order valence-electron chi connectivity index (χ2n) is 11.5. The summed E-state index contributed by atoms with van der Waals surface area (Å²) in [5.74, 6) is 0.179. The number of benzene rings is 2. The SMILES string of the molecule is COc1ccc2c(c1)[C@]1(C[C@H]1c1ccc3c(Nc4cn(C)nc4C)nn(C(=O)OC(C)(C)C)c3c1)C(=O)N2C(=O)O. The van der Waals surface area contributed by atoms with Crippen molar-refractivity contribution in [1.82, 2.24) is 19.6 Å². The highest BCUT2D eigenvalue weighted by Gasteiger charge is 2.68. The minimum Gasteiger partial charge on any atom is -0.497 e. The molecule has 2 aromatic carbocycles. The van der Waals surface area contributed by atoms with Gasteiger partial charge >= 0.3 is 12.2 Å². The molecule has 0 unspecified atom stereocenters. The summed E-state index contributed by atoms with van der Waals surface area (Å²) in [7, 11) is 3.34. The van der Waals surface area contributed by atoms with Gasteiger partial charge in [0.2, 0.25) is 5.91 Å². The highest BCUT2D eigenvalue weighted by molar-refractivity contribution is 6.22. The van der Waals surface area contributed by atoms with E-state index in [2.05, 4.69) is 15.5 Å². The molecule has 2 aromatic heterocycles. The molecule has 1 spiro atoms. The molecule has 1 fully saturated rings. The predicted molar refractivity (Wildman–Crippen MR) is 150 cm³/mol. The fourth-order valence-electron chi connectivity index (χ4n) is 5.74. The molecule has 2 N–H and O–H groups in total. The zero-order valence-electron chi connectivity index (χ0n) is 23.6. The summed E-state index contributed by atoms with van der Waals surface area (Å²) in [5.41, 5.74) is 1.94. The molecule has 3 heterocycles. The summed E-state index contributed by atoms with van der Waals surface area (Å²) < 4.78 is 13.9. The van der Waals surface area contributed by atoms with Gasteiger partial charge in [-0.15, -0.1) is 5.10 Å². The number of methoxy groups -OCH3 is 1. The van der Waals surface area contributed by atoms with Crippen LogP contribution < -0.4 is 15.0 Å². The number of nitrogens with one attached hydrogen (secondary N) is 1. The van der Waals surface area contributed by atoms with Gasteiger partial charge in [-0.3, -0.25) is 9.48 Å². The summed E-state index contributed by atoms with van der Waals surface area (Å²) in [6.45, 7) is 7.20. The van der Waals surface area contributed by atoms with E-state index in [4.69, 9.17) is 9.47 Å². The number of nitrogens with zero attached hydrogens (tertiary/aromatic N) is 5. The van der Waals surface area contributed by atoms with Gasteiger partial charge in [0.05, 0.1) is 35.1 Å². The van der Waals surface area contributed by atoms with Crippen LogP contribution in [0.3, 0.4) is 0 Å². The average Bonchev–Trinajstić information content (AvgIpc) is 3.33. The normalized spacial score (nSPS) is 19.5. The first-order chi connectivity index (χ1) is 19.3. The molecule has 0 saturated heterocycles. The number of rotatable bonds is 4. The van der Waals surface area contributed by atoms with Gasteiger partial charge in [-0.25, -0.2) is 14.5 Å². The fraction of sp³-hybridized carbons (Fsp3) is 0.345. The number of hydrogen-bond acceptors (Lipinski definition) is 8. The Morgan fingerprint density at radius 1 is 1.15 bits per heavy atom. The third-order valence-corrected chi connectivity index (χ3v) is 7.60. The Balaban J connectivity index is 1.45. The van der Waals surface area contributed by atoms with Crippen molar-refractivity contribution < 1.29 is 29.0 Å². The van der Waals surface area contributed by atoms with Crippen molar-refractivity contribution in [2.45, 2.75) is 51.0 Å². The van der Waals surface area contributed by atoms with E-state index < -0.39 is 29.1 Å². The number of carbonyl (C=O) groups is 3. The molecule has 1 saturated carbocycles. The highest BCUT2D eigenvalue weighted by atomic mass is 16.6. The molecule has 12 nitrogen and oxygen atoms in total. The average molecular weight is 559 g/mol. The minimum absolute atomic E-state index is 0.312. The van der Waals surface area contributed by atoms with Crippen molar-refractivity contribution in [3.63, 3.8) is 0 Å². The Kier molecular flexibility index (Phi) is 5.67. The van der Waals surface area contributed by atoms with Gasteiger partial charge in [-0.2, -0.15) is 9.78 Å². The molecule has 212 valence electrons. The Labute approximate surface area is 235 Å². The fourth-order valence-corrected chi connectivity index (χ4v) is 5.74. The molecule has 0 radical (unpaired) electrons. The summed E-state index contributed by atoms with van der Waals surface area (Å²) >= 11 is 0. The lowest BCUT2D eigenvalue weighted by atomic mass is 9.91. The molecule has 12 heteroatoms. The first kappa shape index (κ1) is 26.4. The Bertz CT molecular complexity index is 1770. The van der Waals surface area contributed by atoms with Crippen molar-refractivity contribution in [2.75, 3.05) is 17.3 Å². The van der Waals surface area contributed by atoms with Crippen LogP contribution in [0.2, 0.25) is 0 Å². The number of aryl methyl sites for hydroxylation is 2. The van der Waals surface area contributed by atoms with Crippen LogP contribution in [0.15, 0.2) is 42.6 Å². The van der Waals surface area contributed by atoms with Gasteiger partial charge in [0, 0.05) is 24.5 Å². The maximum Gasteiger partial charge on any atom is 0.435 e. The number of carbonyl (C=O) groups excluding carboxylic acids is 2. The molecule has 4 aromatic rings. The second-order valence-corrected chi connectivity index (χ2v) is 11.5. The van der Waals surface area contributed by atoms with Crippen LogP contribution in [0.1, 0.15) is 49.9 Å². The van der Waals surface area contributed by atoms with E-state index in [1.165, 1.54) is 11.8 Å². The molecule has 0 bridgehead atoms. The maximum atomic E-state index is 13.6. The van der Waals surface area contributed by atoms with Gasteiger partial charge in [-0.05, 0) is 75.6 Å². The van der Waals surface area contributed by atoms with Crippen molar-refractivity contribution in [2.24, 2.45) is 7.05 Å². The van der Waals surface area contributed by atoms with E-state index in [-0.39, 0.29) is 5.92 Å². The summed E-state index contributed by atoms with van der Waals surface area (Å²) in [5, 5.41) is 22.7. The van der Waals surface area contributed by atoms with Crippen LogP contribution in [0.4, 0.5) is 26.8 Å². The molecule has 2 aliphatic rings. The molecule has 41 heavy (non-hydrogen) atoms. The highest BCUT2D eigenvalue weighted by Crippen LogP contribution is 2.67. The van der Waals surface area contributed by atoms with E-state index in [9.17, 15) is 19.5 Å². The number of amides is 2. The van der Waals surface area contributed by atoms with Gasteiger partial charge in [0.25, 0.3) is 0 Å². The third-order valence-electron chi connectivity index (χ3n) is 7.60. The smallest absolute Gasteiger partial charge is 0.435 e. The van der Waals surface area contributed by atoms with Gasteiger partial charge in [0.1, 0.15) is 11.4 Å². The Morgan fingerprint density at radius 3 is 2.54 bits per heavy atom. The summed E-state index contributed by atoms with van der Waals surface area (Å²) in [4.78, 5) is 39.7. The molecular weight excluding hydrogens is 528 g/mol. The van der Waals surface area contributed by atoms with Crippen LogP contribution in [0.5, 0.6) is 5.75 Å². The molecule has 6 rings (SSSR count). The van der Waals surface area contributed by atoms with Crippen LogP contribution in [0.25, 0.3) is 10.9 Å². The number of anilines is 3. The number of ether oxygens (including phenoxy) is 2. The van der Waals surface area contributed by atoms with Gasteiger partial charge in [0.15, 0.2) is 5.82 Å². The molecule has 2 atom stereocenters. The van der Waals surface area contributed by atoms with Crippen LogP contribution in [-0.2, 0) is 22.0 Å². The number of imide groups is 1. The molecule has 1 aliphatic carbocycles. The van der Waals surface area contributed by atoms with Crippen molar-refractivity contribution >= 4 is 46.2 Å². The van der Waals surface area contributed by atoms with Crippen molar-refractivity contribution in [3.05, 3.63) is 59.4 Å². The van der Waals surface area contributed by atoms with Gasteiger partial charge < -0.3 is 19.9 Å². The Morgan fingerprint density at radius 2 is 1.90 bits per heavy atom. The first-order valence-corrected chi connectivity index (χ1v) is 13.1. The summed E-state index contributed by atoms with van der Waals surface area (Å²) in [6, 6.07) is 10.5. The summed E-state index contributed by atoms with van der Waals surface area (Å²) in [6.07, 6.45) is 0.262. The molecular formula is C29H30N6O6. The van der Waals surface area contributed by atoms with Gasteiger partial charge in [-0.1, -0.05) is 6.07 Å². The van der Waals surface area contributed by atoms with Crippen LogP contribution >= 0.6 is 0 Å². The number of fused-ring (bicyclic) bond motifs is 3. The van der Waals surface area contributed by atoms with Crippen molar-refractivity contribution in [3.8, 4) is 5.75 Å². The Hall–Kier alpha value is -4.87. The van der Waals surface area contributed by atoms with Crippen LogP contribution in [0, 0.1) is 6.92 Å². The largest absolute Gasteiger partial charge is 0.497 e. The lowest BCUT2D eigenvalue weighted by Gasteiger charge is -2.19. The topological polar surface area (TPSA) is 141 Å². The lowest BCUT2D eigenvalue weighted by molar-refractivity contribution is -0.119. The zero-order valence-corrected chi connectivity index (χ0v) is 23.6. The van der Waals surface area contributed by atoms with E-state index in [0.717, 1.165) is 21.8 Å². The number of hydrogen-bond donors (Lipinski definition) is 2. The quantitative estimate of drug-likeness (QED) is 0.351. The minimum atomic E-state index is -1.33. The van der Waals surface area contributed by atoms with E-state index >= 15 is 0 Å². The predicted octanol–water partition coefficient (Wildman–Crippen LogP) is 5.06. The third kappa shape index (κ3) is 4.09. The van der Waals surface area contributed by atoms with E-state index in [1.54, 1.807) is 43.7 Å². The molecule has 1 aliphatic heterocycles. The first-order valence-electron chi connectivity index (χ1n) is 13.1. The lowest BCUT2D eigenvalue weighted by Crippen LogP contribution is -2.36. The monoisotopic (exact) mass is 558 g/mol. The second kappa shape index (κ2) is 8.82.